The molecule has 0 spiro atoms. The van der Waals surface area contributed by atoms with Crippen molar-refractivity contribution in [1.29, 1.82) is 0 Å². The molecule has 0 N–H and O–H groups in total. The van der Waals surface area contributed by atoms with E-state index in [4.69, 9.17) is 14.2 Å². The van der Waals surface area contributed by atoms with Gasteiger partial charge in [-0.05, 0) is 116 Å². The molecule has 0 saturated heterocycles. The van der Waals surface area contributed by atoms with Gasteiger partial charge in [-0.2, -0.15) is 0 Å². The molecule has 1 atom stereocenters. The zero-order valence-corrected chi connectivity index (χ0v) is 46.5. The van der Waals surface area contributed by atoms with Gasteiger partial charge in [0.2, 0.25) is 0 Å². The molecule has 0 aliphatic heterocycles. The van der Waals surface area contributed by atoms with E-state index in [0.717, 1.165) is 77.0 Å². The zero-order chi connectivity index (χ0) is 51.4. The fourth-order valence-corrected chi connectivity index (χ4v) is 8.04. The minimum absolute atomic E-state index is 0.104. The minimum atomic E-state index is -0.812. The number of unbranched alkanes of at least 4 members (excludes halogenated alkanes) is 27. The van der Waals surface area contributed by atoms with Crippen LogP contribution >= 0.6 is 0 Å². The van der Waals surface area contributed by atoms with Crippen LogP contribution in [-0.4, -0.2) is 37.2 Å². The van der Waals surface area contributed by atoms with Gasteiger partial charge in [0.05, 0.1) is 0 Å². The summed E-state index contributed by atoms with van der Waals surface area (Å²) in [5, 5.41) is 0. The van der Waals surface area contributed by atoms with E-state index in [1.807, 2.05) is 0 Å². The number of ether oxygens (including phenoxy) is 3. The van der Waals surface area contributed by atoms with E-state index in [0.29, 0.717) is 19.3 Å². The summed E-state index contributed by atoms with van der Waals surface area (Å²) in [7, 11) is 0. The Hall–Kier alpha value is -3.67. The van der Waals surface area contributed by atoms with Crippen molar-refractivity contribution >= 4 is 17.9 Å². The van der Waals surface area contributed by atoms with Gasteiger partial charge >= 0.3 is 17.9 Å². The van der Waals surface area contributed by atoms with Crippen molar-refractivity contribution in [2.45, 2.75) is 284 Å². The van der Waals surface area contributed by atoms with Gasteiger partial charge in [-0.25, -0.2) is 0 Å². The van der Waals surface area contributed by atoms with Crippen LogP contribution in [0.5, 0.6) is 0 Å². The Labute approximate surface area is 438 Å². The van der Waals surface area contributed by atoms with E-state index >= 15 is 0 Å². The van der Waals surface area contributed by atoms with Crippen molar-refractivity contribution in [2.75, 3.05) is 13.2 Å². The lowest BCUT2D eigenvalue weighted by Gasteiger charge is -2.18. The highest BCUT2D eigenvalue weighted by Crippen LogP contribution is 2.15. The predicted molar refractivity (Wildman–Crippen MR) is 307 cm³/mol. The Morgan fingerprint density at radius 3 is 0.915 bits per heavy atom. The molecule has 0 aliphatic carbocycles. The van der Waals surface area contributed by atoms with E-state index in [9.17, 15) is 14.4 Å². The number of carbonyl (C=O) groups excluding carboxylic acids is 3. The molecule has 71 heavy (non-hydrogen) atoms. The number of hydrogen-bond acceptors (Lipinski definition) is 6. The molecule has 6 heteroatoms. The average Bonchev–Trinajstić information content (AvgIpc) is 3.37. The van der Waals surface area contributed by atoms with Crippen LogP contribution in [0.25, 0.3) is 0 Å². The highest BCUT2D eigenvalue weighted by atomic mass is 16.6. The largest absolute Gasteiger partial charge is 0.462 e. The molecule has 0 bridgehead atoms. The van der Waals surface area contributed by atoms with Gasteiger partial charge in [-0.15, -0.1) is 0 Å². The molecule has 0 aromatic carbocycles. The first-order chi connectivity index (χ1) is 35.0. The van der Waals surface area contributed by atoms with Gasteiger partial charge < -0.3 is 14.2 Å². The summed E-state index contributed by atoms with van der Waals surface area (Å²) in [6, 6.07) is 0. The van der Waals surface area contributed by atoms with Crippen LogP contribution in [0.15, 0.2) is 97.2 Å². The third-order valence-corrected chi connectivity index (χ3v) is 12.6. The number of esters is 3. The molecule has 0 aromatic rings. The molecule has 0 aromatic heterocycles. The van der Waals surface area contributed by atoms with E-state index < -0.39 is 6.10 Å². The SMILES string of the molecule is CCCCC/C=C\C=C/CCCCCCCCCCCCC(=O)OCC(COC(=O)CCCCCCCCC/C=C\C/C=C\CCCCC)OC(=O)CCC/C=C\C/C=C\C/C=C\C/C=C\CCCCC. The molecule has 1 unspecified atom stereocenters. The normalized spacial score (nSPS) is 12.8. The Morgan fingerprint density at radius 1 is 0.296 bits per heavy atom. The zero-order valence-electron chi connectivity index (χ0n) is 46.5. The van der Waals surface area contributed by atoms with Crippen molar-refractivity contribution in [2.24, 2.45) is 0 Å². The van der Waals surface area contributed by atoms with Gasteiger partial charge in [0.1, 0.15) is 13.2 Å². The van der Waals surface area contributed by atoms with Crippen LogP contribution in [0.2, 0.25) is 0 Å². The van der Waals surface area contributed by atoms with Crippen molar-refractivity contribution in [3.63, 3.8) is 0 Å². The van der Waals surface area contributed by atoms with Crippen LogP contribution in [0.1, 0.15) is 278 Å². The summed E-state index contributed by atoms with van der Waals surface area (Å²) in [6.07, 6.45) is 78.2. The second-order valence-electron chi connectivity index (χ2n) is 19.6. The summed E-state index contributed by atoms with van der Waals surface area (Å²) in [5.74, 6) is -0.967. The number of hydrogen-bond donors (Lipinski definition) is 0. The number of rotatable bonds is 53. The quantitative estimate of drug-likeness (QED) is 0.0199. The monoisotopic (exact) mass is 987 g/mol. The van der Waals surface area contributed by atoms with Crippen LogP contribution in [0.4, 0.5) is 0 Å². The summed E-state index contributed by atoms with van der Waals surface area (Å²) in [4.78, 5) is 38.2. The smallest absolute Gasteiger partial charge is 0.306 e. The van der Waals surface area contributed by atoms with Crippen LogP contribution < -0.4 is 0 Å². The van der Waals surface area contributed by atoms with Crippen molar-refractivity contribution in [3.8, 4) is 0 Å². The maximum atomic E-state index is 12.9. The van der Waals surface area contributed by atoms with E-state index in [1.165, 1.54) is 154 Å². The van der Waals surface area contributed by atoms with E-state index in [2.05, 4.69) is 118 Å². The lowest BCUT2D eigenvalue weighted by molar-refractivity contribution is -0.167. The molecule has 406 valence electrons. The van der Waals surface area contributed by atoms with Crippen molar-refractivity contribution in [3.05, 3.63) is 97.2 Å². The lowest BCUT2D eigenvalue weighted by atomic mass is 10.1. The van der Waals surface area contributed by atoms with E-state index in [-0.39, 0.29) is 37.5 Å². The molecular weight excluding hydrogens is 877 g/mol. The first-order valence-electron chi connectivity index (χ1n) is 29.8. The summed E-state index contributed by atoms with van der Waals surface area (Å²) < 4.78 is 16.8. The fraction of sp³-hybridized carbons (Fsp3) is 0.708. The minimum Gasteiger partial charge on any atom is -0.462 e. The first kappa shape index (κ1) is 67.3. The second-order valence-corrected chi connectivity index (χ2v) is 19.6. The molecule has 0 saturated carbocycles. The maximum absolute atomic E-state index is 12.9. The van der Waals surface area contributed by atoms with Crippen molar-refractivity contribution < 1.29 is 28.6 Å². The Morgan fingerprint density at radius 2 is 0.563 bits per heavy atom. The molecule has 0 amide bonds. The number of carbonyl (C=O) groups is 3. The second kappa shape index (κ2) is 58.9. The molecule has 0 heterocycles. The molecular formula is C65H110O6. The van der Waals surface area contributed by atoms with Crippen LogP contribution in [-0.2, 0) is 28.6 Å². The topological polar surface area (TPSA) is 78.9 Å². The van der Waals surface area contributed by atoms with Gasteiger partial charge in [-0.1, -0.05) is 240 Å². The average molecular weight is 988 g/mol. The van der Waals surface area contributed by atoms with Crippen molar-refractivity contribution in [1.82, 2.24) is 0 Å². The Balaban J connectivity index is 4.48. The third kappa shape index (κ3) is 57.1. The molecule has 0 radical (unpaired) electrons. The molecule has 0 aliphatic rings. The Kier molecular flexibility index (Phi) is 55.9. The standard InChI is InChI=1S/C65H110O6/c1-4-7-10-13-16-19-22-25-28-31-32-35-37-40-43-46-49-52-55-58-64(67)70-61-62(71-65(68)59-56-53-50-47-44-41-38-34-30-27-24-21-18-15-12-9-6-3)60-69-63(66)57-54-51-48-45-42-39-36-33-29-26-23-20-17-14-11-8-5-2/h16-22,25-27,29-30,38,41,47,50,62H,4-15,23-24,28,31-37,39-40,42-46,48-49,51-61H2,1-3H3/b19-16-,20-17-,21-18-,25-22-,29-26-,30-27-,41-38-,50-47-. The molecule has 0 rings (SSSR count). The molecule has 6 nitrogen and oxygen atoms in total. The van der Waals surface area contributed by atoms with Crippen LogP contribution in [0, 0.1) is 0 Å². The van der Waals surface area contributed by atoms with E-state index in [1.54, 1.807) is 0 Å². The summed E-state index contributed by atoms with van der Waals surface area (Å²) >= 11 is 0. The van der Waals surface area contributed by atoms with Gasteiger partial charge in [0.15, 0.2) is 6.10 Å². The number of allylic oxidation sites excluding steroid dienone is 16. The Bertz CT molecular complexity index is 1410. The molecule has 0 fully saturated rings. The highest BCUT2D eigenvalue weighted by Gasteiger charge is 2.19. The summed E-state index contributed by atoms with van der Waals surface area (Å²) in [5.41, 5.74) is 0. The predicted octanol–water partition coefficient (Wildman–Crippen LogP) is 20.1. The highest BCUT2D eigenvalue weighted by molar-refractivity contribution is 5.71. The fourth-order valence-electron chi connectivity index (χ4n) is 8.04. The lowest BCUT2D eigenvalue weighted by Crippen LogP contribution is -2.30. The van der Waals surface area contributed by atoms with Gasteiger partial charge in [-0.3, -0.25) is 14.4 Å². The van der Waals surface area contributed by atoms with Gasteiger partial charge in [0, 0.05) is 19.3 Å². The third-order valence-electron chi connectivity index (χ3n) is 12.6. The van der Waals surface area contributed by atoms with Gasteiger partial charge in [0.25, 0.3) is 0 Å². The maximum Gasteiger partial charge on any atom is 0.306 e. The summed E-state index contributed by atoms with van der Waals surface area (Å²) in [6.45, 7) is 6.52. The van der Waals surface area contributed by atoms with Crippen LogP contribution in [0.3, 0.4) is 0 Å². The first-order valence-corrected chi connectivity index (χ1v) is 29.8.